The van der Waals surface area contributed by atoms with Crippen LogP contribution in [0.2, 0.25) is 0 Å². The van der Waals surface area contributed by atoms with Crippen molar-refractivity contribution in [3.8, 4) is 0 Å². The summed E-state index contributed by atoms with van der Waals surface area (Å²) in [6.07, 6.45) is 0. The third-order valence-electron chi connectivity index (χ3n) is 1.46. The molecule has 0 saturated carbocycles. The number of nitrogens with one attached hydrogen (secondary N) is 1. The van der Waals surface area contributed by atoms with E-state index in [9.17, 15) is 9.59 Å². The third kappa shape index (κ3) is 1.15. The molecule has 0 fully saturated rings. The van der Waals surface area contributed by atoms with E-state index >= 15 is 0 Å². The molecule has 1 rings (SSSR count). The highest BCUT2D eigenvalue weighted by Gasteiger charge is 2.28. The maximum absolute atomic E-state index is 10.7. The Bertz CT molecular complexity index is 219. The second-order valence-corrected chi connectivity index (χ2v) is 2.06. The van der Waals surface area contributed by atoms with Crippen molar-refractivity contribution in [2.45, 2.75) is 0 Å². The van der Waals surface area contributed by atoms with Gasteiger partial charge in [0, 0.05) is 0 Å². The van der Waals surface area contributed by atoms with Crippen LogP contribution in [0.5, 0.6) is 0 Å². The molecule has 11 heavy (non-hydrogen) atoms. The Morgan fingerprint density at radius 2 is 1.36 bits per heavy atom. The van der Waals surface area contributed by atoms with Crippen molar-refractivity contribution in [1.82, 2.24) is 5.32 Å². The number of carbonyl (C=O) groups excluding carboxylic acids is 2. The summed E-state index contributed by atoms with van der Waals surface area (Å²) in [7, 11) is 0. The van der Waals surface area contributed by atoms with Crippen molar-refractivity contribution in [1.29, 1.82) is 0 Å². The van der Waals surface area contributed by atoms with Gasteiger partial charge in [-0.3, -0.25) is 14.9 Å². The Balaban J connectivity index is 3.02. The van der Waals surface area contributed by atoms with E-state index in [4.69, 9.17) is 10.2 Å². The summed E-state index contributed by atoms with van der Waals surface area (Å²) in [6.45, 7) is -1.04. The highest BCUT2D eigenvalue weighted by atomic mass is 16.3. The minimum atomic E-state index is -0.624. The van der Waals surface area contributed by atoms with Gasteiger partial charge in [-0.15, -0.1) is 0 Å². The number of carbonyl (C=O) groups is 2. The smallest absolute Gasteiger partial charge is 0.256 e. The van der Waals surface area contributed by atoms with Gasteiger partial charge in [0.05, 0.1) is 24.4 Å². The summed E-state index contributed by atoms with van der Waals surface area (Å²) in [6, 6.07) is 0. The highest BCUT2D eigenvalue weighted by Crippen LogP contribution is 2.10. The normalized spacial score (nSPS) is 17.6. The molecule has 0 radical (unpaired) electrons. The molecule has 0 bridgehead atoms. The van der Waals surface area contributed by atoms with Gasteiger partial charge in [-0.05, 0) is 0 Å². The Kier molecular flexibility index (Phi) is 2.02. The minimum absolute atomic E-state index is 0.0440. The van der Waals surface area contributed by atoms with E-state index in [0.717, 1.165) is 0 Å². The molecule has 2 amide bonds. The Morgan fingerprint density at radius 1 is 1.00 bits per heavy atom. The number of aliphatic hydroxyl groups excluding tert-OH is 2. The lowest BCUT2D eigenvalue weighted by Crippen LogP contribution is -2.24. The van der Waals surface area contributed by atoms with Crippen LogP contribution in [0.3, 0.4) is 0 Å². The summed E-state index contributed by atoms with van der Waals surface area (Å²) in [5, 5.41) is 19.1. The van der Waals surface area contributed by atoms with E-state index < -0.39 is 25.0 Å². The van der Waals surface area contributed by atoms with Crippen molar-refractivity contribution >= 4 is 11.8 Å². The number of aliphatic hydroxyl groups is 2. The van der Waals surface area contributed by atoms with Crippen LogP contribution in [0.15, 0.2) is 11.1 Å². The predicted molar refractivity (Wildman–Crippen MR) is 34.3 cm³/mol. The summed E-state index contributed by atoms with van der Waals surface area (Å²) in [5.74, 6) is -1.25. The van der Waals surface area contributed by atoms with Crippen LogP contribution in [-0.2, 0) is 9.59 Å². The third-order valence-corrected chi connectivity index (χ3v) is 1.46. The summed E-state index contributed by atoms with van der Waals surface area (Å²) in [4.78, 5) is 21.4. The molecule has 5 heteroatoms. The first-order valence-corrected chi connectivity index (χ1v) is 3.00. The maximum atomic E-state index is 10.7. The second-order valence-electron chi connectivity index (χ2n) is 2.06. The van der Waals surface area contributed by atoms with Crippen molar-refractivity contribution in [2.75, 3.05) is 13.2 Å². The lowest BCUT2D eigenvalue weighted by atomic mass is 10.2. The van der Waals surface area contributed by atoms with Gasteiger partial charge in [0.1, 0.15) is 0 Å². The van der Waals surface area contributed by atoms with Crippen LogP contribution in [0.25, 0.3) is 0 Å². The number of rotatable bonds is 2. The first-order chi connectivity index (χ1) is 5.20. The molecule has 0 aromatic rings. The molecule has 0 unspecified atom stereocenters. The fourth-order valence-corrected chi connectivity index (χ4v) is 0.863. The van der Waals surface area contributed by atoms with E-state index in [-0.39, 0.29) is 11.1 Å². The number of hydrogen-bond donors (Lipinski definition) is 3. The first-order valence-electron chi connectivity index (χ1n) is 3.00. The second kappa shape index (κ2) is 2.81. The van der Waals surface area contributed by atoms with E-state index in [0.29, 0.717) is 0 Å². The molecule has 3 N–H and O–H groups in total. The molecular formula is C6H7NO4. The van der Waals surface area contributed by atoms with Gasteiger partial charge in [0.2, 0.25) is 0 Å². The molecule has 1 aliphatic heterocycles. The summed E-state index contributed by atoms with van der Waals surface area (Å²) in [5.41, 5.74) is -0.0880. The van der Waals surface area contributed by atoms with E-state index in [1.807, 2.05) is 5.32 Å². The quantitative estimate of drug-likeness (QED) is 0.402. The molecule has 1 heterocycles. The zero-order valence-corrected chi connectivity index (χ0v) is 5.63. The van der Waals surface area contributed by atoms with Gasteiger partial charge in [0.25, 0.3) is 11.8 Å². The molecule has 5 nitrogen and oxygen atoms in total. The number of hydrogen-bond acceptors (Lipinski definition) is 4. The van der Waals surface area contributed by atoms with Gasteiger partial charge >= 0.3 is 0 Å². The first kappa shape index (κ1) is 7.90. The topological polar surface area (TPSA) is 86.6 Å². The molecular weight excluding hydrogens is 150 g/mol. The van der Waals surface area contributed by atoms with Crippen molar-refractivity contribution in [3.05, 3.63) is 11.1 Å². The Morgan fingerprint density at radius 3 is 1.64 bits per heavy atom. The van der Waals surface area contributed by atoms with Gasteiger partial charge in [-0.1, -0.05) is 0 Å². The average Bonchev–Trinajstić information content (AvgIpc) is 2.24. The van der Waals surface area contributed by atoms with Crippen LogP contribution >= 0.6 is 0 Å². The standard InChI is InChI=1S/C6H7NO4/c8-1-3-4(2-9)6(11)7-5(3)10/h8-9H,1-2H2,(H,7,10,11). The monoisotopic (exact) mass is 157 g/mol. The van der Waals surface area contributed by atoms with E-state index in [1.165, 1.54) is 0 Å². The minimum Gasteiger partial charge on any atom is -0.391 e. The fourth-order valence-electron chi connectivity index (χ4n) is 0.863. The van der Waals surface area contributed by atoms with Gasteiger partial charge in [0.15, 0.2) is 0 Å². The van der Waals surface area contributed by atoms with Crippen LogP contribution in [-0.4, -0.2) is 35.2 Å². The largest absolute Gasteiger partial charge is 0.391 e. The molecule has 0 aromatic heterocycles. The van der Waals surface area contributed by atoms with Gasteiger partial charge in [-0.2, -0.15) is 0 Å². The zero-order valence-electron chi connectivity index (χ0n) is 5.63. The molecule has 0 aliphatic carbocycles. The molecule has 0 atom stereocenters. The zero-order chi connectivity index (χ0) is 8.43. The number of amides is 2. The summed E-state index contributed by atoms with van der Waals surface area (Å²) >= 11 is 0. The van der Waals surface area contributed by atoms with E-state index in [2.05, 4.69) is 0 Å². The van der Waals surface area contributed by atoms with Crippen molar-refractivity contribution in [2.24, 2.45) is 0 Å². The average molecular weight is 157 g/mol. The van der Waals surface area contributed by atoms with Gasteiger partial charge in [-0.25, -0.2) is 0 Å². The van der Waals surface area contributed by atoms with Gasteiger partial charge < -0.3 is 10.2 Å². The summed E-state index contributed by atoms with van der Waals surface area (Å²) < 4.78 is 0. The predicted octanol–water partition coefficient (Wildman–Crippen LogP) is -2.08. The lowest BCUT2D eigenvalue weighted by Gasteiger charge is -1.93. The van der Waals surface area contributed by atoms with Crippen LogP contribution in [0, 0.1) is 0 Å². The molecule has 1 aliphatic rings. The molecule has 0 aromatic carbocycles. The SMILES string of the molecule is O=C1NC(=O)C(CO)=C1CO. The Labute approximate surface area is 62.3 Å². The van der Waals surface area contributed by atoms with Crippen molar-refractivity contribution < 1.29 is 19.8 Å². The van der Waals surface area contributed by atoms with Crippen LogP contribution in [0.4, 0.5) is 0 Å². The highest BCUT2D eigenvalue weighted by molar-refractivity contribution is 6.19. The van der Waals surface area contributed by atoms with E-state index in [1.54, 1.807) is 0 Å². The maximum Gasteiger partial charge on any atom is 0.256 e. The molecule has 0 saturated heterocycles. The van der Waals surface area contributed by atoms with Crippen molar-refractivity contribution in [3.63, 3.8) is 0 Å². The molecule has 0 spiro atoms. The number of imide groups is 1. The lowest BCUT2D eigenvalue weighted by molar-refractivity contribution is -0.124. The fraction of sp³-hybridized carbons (Fsp3) is 0.333. The van der Waals surface area contributed by atoms with Crippen LogP contribution < -0.4 is 5.32 Å². The Hall–Kier alpha value is -1.20. The molecule has 60 valence electrons. The van der Waals surface area contributed by atoms with Crippen LogP contribution in [0.1, 0.15) is 0 Å².